The van der Waals surface area contributed by atoms with E-state index in [1.807, 2.05) is 0 Å². The van der Waals surface area contributed by atoms with Crippen molar-refractivity contribution in [2.24, 2.45) is 5.11 Å². The molecule has 0 saturated carbocycles. The van der Waals surface area contributed by atoms with Crippen LogP contribution < -0.4 is 0 Å². The fraction of sp³-hybridized carbons (Fsp3) is 0.800. The molecule has 0 radical (unpaired) electrons. The highest BCUT2D eigenvalue weighted by molar-refractivity contribution is 5.65. The Balaban J connectivity index is 2.46. The van der Waals surface area contributed by atoms with Crippen molar-refractivity contribution < 1.29 is 9.90 Å². The molecule has 0 aromatic rings. The van der Waals surface area contributed by atoms with Crippen LogP contribution in [-0.2, 0) is 0 Å². The van der Waals surface area contributed by atoms with E-state index in [4.69, 9.17) is 10.6 Å². The number of rotatable bonds is 1. The van der Waals surface area contributed by atoms with E-state index in [1.54, 1.807) is 0 Å². The minimum atomic E-state index is -0.944. The summed E-state index contributed by atoms with van der Waals surface area (Å²) in [5.41, 5.74) is 8.04. The summed E-state index contributed by atoms with van der Waals surface area (Å²) < 4.78 is 0. The average Bonchev–Trinajstić information content (AvgIpc) is 2.37. The summed E-state index contributed by atoms with van der Waals surface area (Å²) in [5, 5.41) is 11.9. The summed E-state index contributed by atoms with van der Waals surface area (Å²) in [6.07, 6.45) is -0.309. The van der Waals surface area contributed by atoms with Gasteiger partial charge in [0, 0.05) is 18.0 Å². The van der Waals surface area contributed by atoms with Crippen LogP contribution in [0.3, 0.4) is 0 Å². The predicted octanol–water partition coefficient (Wildman–Crippen LogP) is 1.05. The molecule has 1 aliphatic heterocycles. The number of hydrogen-bond acceptors (Lipinski definition) is 2. The van der Waals surface area contributed by atoms with Gasteiger partial charge in [-0.3, -0.25) is 0 Å². The molecule has 6 heteroatoms. The van der Waals surface area contributed by atoms with E-state index in [9.17, 15) is 4.79 Å². The van der Waals surface area contributed by atoms with Gasteiger partial charge in [-0.1, -0.05) is 5.11 Å². The molecule has 1 N–H and O–H groups in total. The monoisotopic (exact) mass is 156 g/mol. The maximum atomic E-state index is 10.3. The largest absolute Gasteiger partial charge is 0.465 e. The van der Waals surface area contributed by atoms with Crippen LogP contribution in [0.15, 0.2) is 5.11 Å². The fourth-order valence-electron chi connectivity index (χ4n) is 1.08. The van der Waals surface area contributed by atoms with Crippen LogP contribution in [0.25, 0.3) is 10.4 Å². The Morgan fingerprint density at radius 1 is 1.82 bits per heavy atom. The Hall–Kier alpha value is -1.42. The molecule has 0 bridgehead atoms. The van der Waals surface area contributed by atoms with Gasteiger partial charge in [0.25, 0.3) is 0 Å². The molecule has 1 aliphatic rings. The highest BCUT2D eigenvalue weighted by Gasteiger charge is 2.24. The molecular formula is C5H8N4O2. The van der Waals surface area contributed by atoms with Crippen LogP contribution in [0.4, 0.5) is 4.79 Å². The molecule has 1 rings (SSSR count). The summed E-state index contributed by atoms with van der Waals surface area (Å²) in [5.74, 6) is 0. The lowest BCUT2D eigenvalue weighted by Crippen LogP contribution is -2.27. The fourth-order valence-corrected chi connectivity index (χ4v) is 1.08. The summed E-state index contributed by atoms with van der Waals surface area (Å²) in [7, 11) is 0. The van der Waals surface area contributed by atoms with Gasteiger partial charge in [-0.05, 0) is 12.0 Å². The first-order valence-corrected chi connectivity index (χ1v) is 3.26. The number of nitrogens with zero attached hydrogens (tertiary/aromatic N) is 4. The van der Waals surface area contributed by atoms with Gasteiger partial charge >= 0.3 is 6.09 Å². The Kier molecular flexibility index (Phi) is 2.18. The van der Waals surface area contributed by atoms with Crippen molar-refractivity contribution in [3.63, 3.8) is 0 Å². The maximum absolute atomic E-state index is 10.3. The Bertz CT molecular complexity index is 203. The van der Waals surface area contributed by atoms with Crippen molar-refractivity contribution in [1.29, 1.82) is 0 Å². The number of carboxylic acid groups (broad SMARTS) is 1. The second kappa shape index (κ2) is 3.12. The molecule has 11 heavy (non-hydrogen) atoms. The predicted molar refractivity (Wildman–Crippen MR) is 37.1 cm³/mol. The lowest BCUT2D eigenvalue weighted by molar-refractivity contribution is 0.155. The average molecular weight is 156 g/mol. The van der Waals surface area contributed by atoms with E-state index in [0.717, 1.165) is 0 Å². The third-order valence-corrected chi connectivity index (χ3v) is 1.65. The maximum Gasteiger partial charge on any atom is 0.407 e. The van der Waals surface area contributed by atoms with Gasteiger partial charge < -0.3 is 10.0 Å². The van der Waals surface area contributed by atoms with Crippen LogP contribution in [0.2, 0.25) is 0 Å². The van der Waals surface area contributed by atoms with Crippen molar-refractivity contribution in [3.8, 4) is 0 Å². The van der Waals surface area contributed by atoms with E-state index in [2.05, 4.69) is 10.0 Å². The van der Waals surface area contributed by atoms with Crippen molar-refractivity contribution in [2.45, 2.75) is 12.5 Å². The van der Waals surface area contributed by atoms with Gasteiger partial charge in [-0.25, -0.2) is 4.79 Å². The molecule has 1 amide bonds. The minimum absolute atomic E-state index is 0.170. The zero-order chi connectivity index (χ0) is 8.27. The van der Waals surface area contributed by atoms with E-state index in [0.29, 0.717) is 19.5 Å². The van der Waals surface area contributed by atoms with Crippen LogP contribution in [0, 0.1) is 0 Å². The summed E-state index contributed by atoms with van der Waals surface area (Å²) in [4.78, 5) is 14.2. The van der Waals surface area contributed by atoms with Gasteiger partial charge in [0.2, 0.25) is 0 Å². The topological polar surface area (TPSA) is 89.3 Å². The molecule has 0 spiro atoms. The lowest BCUT2D eigenvalue weighted by Gasteiger charge is -2.08. The van der Waals surface area contributed by atoms with Crippen LogP contribution in [0.1, 0.15) is 6.42 Å². The Labute approximate surface area is 63.0 Å². The third kappa shape index (κ3) is 1.75. The Morgan fingerprint density at radius 2 is 2.55 bits per heavy atom. The Morgan fingerprint density at radius 3 is 3.00 bits per heavy atom. The van der Waals surface area contributed by atoms with Crippen molar-refractivity contribution in [3.05, 3.63) is 10.4 Å². The first-order chi connectivity index (χ1) is 5.24. The summed E-state index contributed by atoms with van der Waals surface area (Å²) in [6, 6.07) is -0.170. The van der Waals surface area contributed by atoms with Crippen LogP contribution in [-0.4, -0.2) is 35.2 Å². The zero-order valence-electron chi connectivity index (χ0n) is 5.84. The van der Waals surface area contributed by atoms with Gasteiger partial charge in [-0.15, -0.1) is 0 Å². The highest BCUT2D eigenvalue weighted by Crippen LogP contribution is 2.12. The quantitative estimate of drug-likeness (QED) is 0.349. The van der Waals surface area contributed by atoms with Gasteiger partial charge in [0.15, 0.2) is 0 Å². The number of carbonyl (C=O) groups is 1. The molecule has 1 heterocycles. The molecule has 1 atom stereocenters. The van der Waals surface area contributed by atoms with Crippen molar-refractivity contribution in [2.75, 3.05) is 13.1 Å². The SMILES string of the molecule is [N-]=[N+]=NC1CCN(C(=O)O)C1. The molecule has 1 unspecified atom stereocenters. The lowest BCUT2D eigenvalue weighted by atomic mass is 10.3. The molecule has 0 aromatic carbocycles. The number of azide groups is 1. The van der Waals surface area contributed by atoms with E-state index < -0.39 is 6.09 Å². The second-order valence-electron chi connectivity index (χ2n) is 2.38. The standard InChI is InChI=1S/C5H8N4O2/c6-8-7-4-1-2-9(3-4)5(10)11/h4H,1-3H2,(H,10,11). The normalized spacial score (nSPS) is 22.9. The number of amides is 1. The smallest absolute Gasteiger partial charge is 0.407 e. The van der Waals surface area contributed by atoms with Crippen molar-refractivity contribution >= 4 is 6.09 Å². The van der Waals surface area contributed by atoms with Gasteiger partial charge in [-0.2, -0.15) is 0 Å². The number of hydrogen-bond donors (Lipinski definition) is 1. The van der Waals surface area contributed by atoms with Gasteiger partial charge in [0.1, 0.15) is 0 Å². The minimum Gasteiger partial charge on any atom is -0.465 e. The zero-order valence-corrected chi connectivity index (χ0v) is 5.84. The van der Waals surface area contributed by atoms with Crippen molar-refractivity contribution in [1.82, 2.24) is 4.90 Å². The van der Waals surface area contributed by atoms with Gasteiger partial charge in [0.05, 0.1) is 6.04 Å². The molecule has 6 nitrogen and oxygen atoms in total. The summed E-state index contributed by atoms with van der Waals surface area (Å²) >= 11 is 0. The van der Waals surface area contributed by atoms with E-state index >= 15 is 0 Å². The first kappa shape index (κ1) is 7.68. The second-order valence-corrected chi connectivity index (χ2v) is 2.38. The van der Waals surface area contributed by atoms with Crippen LogP contribution in [0.5, 0.6) is 0 Å². The molecule has 0 aromatic heterocycles. The molecule has 1 fully saturated rings. The molecule has 1 saturated heterocycles. The third-order valence-electron chi connectivity index (χ3n) is 1.65. The van der Waals surface area contributed by atoms with E-state index in [1.165, 1.54) is 4.90 Å². The first-order valence-electron chi connectivity index (χ1n) is 3.26. The van der Waals surface area contributed by atoms with E-state index in [-0.39, 0.29) is 6.04 Å². The molecular weight excluding hydrogens is 148 g/mol. The van der Waals surface area contributed by atoms with Crippen LogP contribution >= 0.6 is 0 Å². The molecule has 0 aliphatic carbocycles. The highest BCUT2D eigenvalue weighted by atomic mass is 16.4. The summed E-state index contributed by atoms with van der Waals surface area (Å²) in [6.45, 7) is 0.804. The molecule has 60 valence electrons. The number of likely N-dealkylation sites (tertiary alicyclic amines) is 1.